The molecule has 84 valence electrons. The normalized spacial score (nSPS) is 11.9. The third-order valence-electron chi connectivity index (χ3n) is 1.48. The summed E-state index contributed by atoms with van der Waals surface area (Å²) in [4.78, 5) is 18.4. The minimum absolute atomic E-state index is 0.0931. The summed E-state index contributed by atoms with van der Waals surface area (Å²) in [6.07, 6.45) is 0. The molecule has 0 aliphatic heterocycles. The lowest BCUT2D eigenvalue weighted by molar-refractivity contribution is 0.387. The lowest BCUT2D eigenvalue weighted by Crippen LogP contribution is -2.10. The zero-order chi connectivity index (χ0) is 12.0. The van der Waals surface area contributed by atoms with Crippen molar-refractivity contribution in [3.05, 3.63) is 22.4 Å². The second kappa shape index (κ2) is 5.18. The third-order valence-corrected chi connectivity index (χ3v) is 9.21. The average Bonchev–Trinajstić information content (AvgIpc) is 2.09. The molecule has 0 unspecified atom stereocenters. The quantitative estimate of drug-likeness (QED) is 0.311. The molecule has 1 aromatic rings. The maximum atomic E-state index is 11.3. The molecule has 2 N–H and O–H groups in total. The van der Waals surface area contributed by atoms with Crippen molar-refractivity contribution in [2.45, 2.75) is 0 Å². The van der Waals surface area contributed by atoms with Crippen molar-refractivity contribution in [3.8, 4) is 0 Å². The number of halogens is 5. The van der Waals surface area contributed by atoms with E-state index in [-0.39, 0.29) is 5.30 Å². The van der Waals surface area contributed by atoms with E-state index in [9.17, 15) is 14.4 Å². The second-order valence-electron chi connectivity index (χ2n) is 2.46. The van der Waals surface area contributed by atoms with Gasteiger partial charge in [0.2, 0.25) is 0 Å². The molecule has 0 atom stereocenters. The summed E-state index contributed by atoms with van der Waals surface area (Å²) in [5, 5.41) is -0.0931. The van der Waals surface area contributed by atoms with Crippen LogP contribution in [0.25, 0.3) is 0 Å². The highest BCUT2D eigenvalue weighted by Gasteiger charge is 2.29. The topological polar surface area (TPSA) is 57.5 Å². The minimum Gasteiger partial charge on any atom is -0.321 e. The van der Waals surface area contributed by atoms with Gasteiger partial charge < -0.3 is 9.79 Å². The van der Waals surface area contributed by atoms with Gasteiger partial charge in [-0.15, -0.1) is 0 Å². The van der Waals surface area contributed by atoms with Crippen molar-refractivity contribution in [3.63, 3.8) is 0 Å². The molecular weight excluding hydrogens is 551 g/mol. The van der Waals surface area contributed by atoms with Gasteiger partial charge in [-0.25, -0.2) is 0 Å². The van der Waals surface area contributed by atoms with Crippen molar-refractivity contribution in [1.29, 1.82) is 0 Å². The maximum absolute atomic E-state index is 11.3. The van der Waals surface area contributed by atoms with E-state index in [4.69, 9.17) is 0 Å². The van der Waals surface area contributed by atoms with Gasteiger partial charge in [-0.2, -0.15) is 0 Å². The number of hydrogen-bond donors (Lipinski definition) is 2. The standard InChI is InChI=1S/C6H2Br5O3P/c7-1-2(8)4(10)6(15(12,13)14)5(11)3(1)9/h(H2,12,13,14). The van der Waals surface area contributed by atoms with Gasteiger partial charge in [0.05, 0.1) is 5.30 Å². The summed E-state index contributed by atoms with van der Waals surface area (Å²) in [7, 11) is -4.34. The van der Waals surface area contributed by atoms with Crippen LogP contribution in [0.1, 0.15) is 0 Å². The van der Waals surface area contributed by atoms with E-state index in [1.165, 1.54) is 0 Å². The monoisotopic (exact) mass is 548 g/mol. The van der Waals surface area contributed by atoms with Gasteiger partial charge in [-0.05, 0) is 79.6 Å². The second-order valence-corrected chi connectivity index (χ2v) is 7.96. The summed E-state index contributed by atoms with van der Waals surface area (Å²) in [5.41, 5.74) is 0. The Balaban J connectivity index is 3.76. The van der Waals surface area contributed by atoms with E-state index < -0.39 is 7.60 Å². The van der Waals surface area contributed by atoms with Crippen LogP contribution in [0, 0.1) is 0 Å². The Bertz CT molecular complexity index is 439. The molecule has 0 amide bonds. The van der Waals surface area contributed by atoms with E-state index in [1.807, 2.05) is 0 Å². The molecule has 0 heterocycles. The minimum atomic E-state index is -4.34. The Morgan fingerprint density at radius 1 is 0.733 bits per heavy atom. The largest absolute Gasteiger partial charge is 0.358 e. The fraction of sp³-hybridized carbons (Fsp3) is 0. The van der Waals surface area contributed by atoms with Crippen LogP contribution in [-0.2, 0) is 4.57 Å². The van der Waals surface area contributed by atoms with Crippen LogP contribution >= 0.6 is 87.2 Å². The van der Waals surface area contributed by atoms with Gasteiger partial charge in [0.15, 0.2) is 0 Å². The van der Waals surface area contributed by atoms with Crippen LogP contribution in [-0.4, -0.2) is 9.79 Å². The van der Waals surface area contributed by atoms with Crippen molar-refractivity contribution in [1.82, 2.24) is 0 Å². The molecule has 0 fully saturated rings. The number of hydrogen-bond acceptors (Lipinski definition) is 1. The van der Waals surface area contributed by atoms with Gasteiger partial charge in [0.1, 0.15) is 0 Å². The third kappa shape index (κ3) is 2.96. The molecule has 15 heavy (non-hydrogen) atoms. The molecule has 0 aromatic heterocycles. The summed E-state index contributed by atoms with van der Waals surface area (Å²) in [6.45, 7) is 0. The molecule has 0 radical (unpaired) electrons. The molecule has 0 saturated heterocycles. The van der Waals surface area contributed by atoms with Crippen LogP contribution in [0.15, 0.2) is 22.4 Å². The van der Waals surface area contributed by atoms with Crippen LogP contribution in [0.3, 0.4) is 0 Å². The number of benzene rings is 1. The Labute approximate surface area is 128 Å². The fourth-order valence-electron chi connectivity index (χ4n) is 0.849. The van der Waals surface area contributed by atoms with E-state index in [0.29, 0.717) is 22.4 Å². The van der Waals surface area contributed by atoms with Gasteiger partial charge in [0, 0.05) is 22.4 Å². The molecule has 1 aromatic carbocycles. The van der Waals surface area contributed by atoms with Crippen molar-refractivity contribution in [2.75, 3.05) is 0 Å². The molecule has 0 aliphatic carbocycles. The van der Waals surface area contributed by atoms with Gasteiger partial charge >= 0.3 is 7.60 Å². The van der Waals surface area contributed by atoms with Gasteiger partial charge in [0.25, 0.3) is 0 Å². The Morgan fingerprint density at radius 2 is 1.00 bits per heavy atom. The van der Waals surface area contributed by atoms with E-state index >= 15 is 0 Å². The SMILES string of the molecule is O=P(O)(O)c1c(Br)c(Br)c(Br)c(Br)c1Br. The highest BCUT2D eigenvalue weighted by Crippen LogP contribution is 2.48. The first kappa shape index (κ1) is 14.8. The van der Waals surface area contributed by atoms with Crippen molar-refractivity contribution in [2.24, 2.45) is 0 Å². The summed E-state index contributed by atoms with van der Waals surface area (Å²) < 4.78 is 13.6. The van der Waals surface area contributed by atoms with Crippen LogP contribution in [0.4, 0.5) is 0 Å². The first-order valence-electron chi connectivity index (χ1n) is 3.25. The van der Waals surface area contributed by atoms with E-state index in [0.717, 1.165) is 0 Å². The molecule has 0 spiro atoms. The predicted octanol–water partition coefficient (Wildman–Crippen LogP) is 4.30. The summed E-state index contributed by atoms with van der Waals surface area (Å²) in [5.74, 6) is 0. The molecule has 0 bridgehead atoms. The zero-order valence-electron chi connectivity index (χ0n) is 6.64. The highest BCUT2D eigenvalue weighted by molar-refractivity contribution is 9.15. The smallest absolute Gasteiger partial charge is 0.321 e. The molecule has 9 heteroatoms. The van der Waals surface area contributed by atoms with Crippen molar-refractivity contribution >= 4 is 92.6 Å². The lowest BCUT2D eigenvalue weighted by atomic mass is 10.4. The van der Waals surface area contributed by atoms with Crippen LogP contribution < -0.4 is 5.30 Å². The average molecular weight is 553 g/mol. The Kier molecular flexibility index (Phi) is 5.12. The first-order valence-corrected chi connectivity index (χ1v) is 8.83. The van der Waals surface area contributed by atoms with E-state index in [1.54, 1.807) is 0 Å². The van der Waals surface area contributed by atoms with Crippen LogP contribution in [0.5, 0.6) is 0 Å². The Morgan fingerprint density at radius 3 is 1.27 bits per heavy atom. The molecule has 0 saturated carbocycles. The Hall–Kier alpha value is 1.77. The first-order chi connectivity index (χ1) is 6.68. The van der Waals surface area contributed by atoms with Gasteiger partial charge in [-0.1, -0.05) is 0 Å². The van der Waals surface area contributed by atoms with E-state index in [2.05, 4.69) is 79.6 Å². The zero-order valence-corrected chi connectivity index (χ0v) is 15.5. The van der Waals surface area contributed by atoms with Crippen molar-refractivity contribution < 1.29 is 14.4 Å². The molecular formula is C6H2Br5O3P. The molecule has 0 aliphatic rings. The summed E-state index contributed by atoms with van der Waals surface area (Å²) in [6, 6.07) is 0. The summed E-state index contributed by atoms with van der Waals surface area (Å²) >= 11 is 16.0. The maximum Gasteiger partial charge on any atom is 0.358 e. The highest BCUT2D eigenvalue weighted by atomic mass is 79.9. The number of rotatable bonds is 1. The molecule has 1 rings (SSSR count). The predicted molar refractivity (Wildman–Crippen MR) is 76.6 cm³/mol. The lowest BCUT2D eigenvalue weighted by Gasteiger charge is -2.14. The molecule has 3 nitrogen and oxygen atoms in total. The van der Waals surface area contributed by atoms with Gasteiger partial charge in [-0.3, -0.25) is 4.57 Å². The van der Waals surface area contributed by atoms with Crippen LogP contribution in [0.2, 0.25) is 0 Å². The fourth-order valence-corrected chi connectivity index (χ4v) is 6.32.